The average Bonchev–Trinajstić information content (AvgIpc) is 2.35. The Morgan fingerprint density at radius 1 is 1.25 bits per heavy atom. The number of rotatable bonds is 6. The van der Waals surface area contributed by atoms with Crippen molar-refractivity contribution in [2.24, 2.45) is 0 Å². The van der Waals surface area contributed by atoms with E-state index in [4.69, 9.17) is 9.47 Å². The maximum Gasteiger partial charge on any atom is 0.124 e. The fourth-order valence-electron chi connectivity index (χ4n) is 1.80. The van der Waals surface area contributed by atoms with Crippen LogP contribution in [-0.4, -0.2) is 25.4 Å². The molecule has 1 N–H and O–H groups in total. The van der Waals surface area contributed by atoms with Crippen molar-refractivity contribution in [3.05, 3.63) is 29.8 Å². The second-order valence-electron chi connectivity index (χ2n) is 3.75. The predicted octanol–water partition coefficient (Wildman–Crippen LogP) is 2.54. The van der Waals surface area contributed by atoms with Crippen LogP contribution >= 0.6 is 0 Å². The molecule has 0 spiro atoms. The molecule has 2 atom stereocenters. The summed E-state index contributed by atoms with van der Waals surface area (Å²) in [5, 5.41) is 10.2. The molecule has 0 fully saturated rings. The number of benzene rings is 1. The fraction of sp³-hybridized carbons (Fsp3) is 0.538. The summed E-state index contributed by atoms with van der Waals surface area (Å²) in [6.45, 7) is 2.07. The van der Waals surface area contributed by atoms with Crippen LogP contribution < -0.4 is 4.74 Å². The molecule has 0 saturated heterocycles. The standard InChI is InChI=1S/C13H20O3/c1-4-7-12(16-3)13(14)10-8-5-6-9-11(10)15-2/h5-6,8-9,12-14H,4,7H2,1-3H3. The number of aliphatic hydroxyl groups is 1. The number of hydrogen-bond donors (Lipinski definition) is 1. The summed E-state index contributed by atoms with van der Waals surface area (Å²) in [5.74, 6) is 0.702. The lowest BCUT2D eigenvalue weighted by Crippen LogP contribution is -2.21. The summed E-state index contributed by atoms with van der Waals surface area (Å²) < 4.78 is 10.5. The van der Waals surface area contributed by atoms with Crippen LogP contribution in [0.3, 0.4) is 0 Å². The Labute approximate surface area is 97.0 Å². The lowest BCUT2D eigenvalue weighted by molar-refractivity contribution is -0.0189. The van der Waals surface area contributed by atoms with Crippen molar-refractivity contribution in [1.82, 2.24) is 0 Å². The summed E-state index contributed by atoms with van der Waals surface area (Å²) in [7, 11) is 3.23. The molecular weight excluding hydrogens is 204 g/mol. The van der Waals surface area contributed by atoms with Gasteiger partial charge < -0.3 is 14.6 Å². The SMILES string of the molecule is CCCC(OC)C(O)c1ccccc1OC. The predicted molar refractivity (Wildman–Crippen MR) is 63.7 cm³/mol. The van der Waals surface area contributed by atoms with Crippen molar-refractivity contribution < 1.29 is 14.6 Å². The third kappa shape index (κ3) is 2.97. The molecule has 0 aromatic heterocycles. The first-order valence-corrected chi connectivity index (χ1v) is 5.58. The Morgan fingerprint density at radius 3 is 2.50 bits per heavy atom. The molecule has 0 saturated carbocycles. The Hall–Kier alpha value is -1.06. The van der Waals surface area contributed by atoms with Gasteiger partial charge in [-0.05, 0) is 12.5 Å². The van der Waals surface area contributed by atoms with E-state index in [0.29, 0.717) is 5.75 Å². The molecule has 0 aliphatic carbocycles. The van der Waals surface area contributed by atoms with Crippen LogP contribution in [-0.2, 0) is 4.74 Å². The van der Waals surface area contributed by atoms with E-state index in [-0.39, 0.29) is 6.10 Å². The molecular formula is C13H20O3. The summed E-state index contributed by atoms with van der Waals surface area (Å²) >= 11 is 0. The van der Waals surface area contributed by atoms with E-state index in [9.17, 15) is 5.11 Å². The van der Waals surface area contributed by atoms with Crippen molar-refractivity contribution in [3.8, 4) is 5.75 Å². The smallest absolute Gasteiger partial charge is 0.124 e. The molecule has 16 heavy (non-hydrogen) atoms. The number of hydrogen-bond acceptors (Lipinski definition) is 3. The first-order chi connectivity index (χ1) is 7.74. The van der Waals surface area contributed by atoms with E-state index >= 15 is 0 Å². The van der Waals surface area contributed by atoms with Gasteiger partial charge in [0.05, 0.1) is 13.2 Å². The Bertz CT molecular complexity index is 312. The largest absolute Gasteiger partial charge is 0.496 e. The molecule has 0 bridgehead atoms. The van der Waals surface area contributed by atoms with Crippen molar-refractivity contribution in [2.45, 2.75) is 32.0 Å². The molecule has 1 aromatic rings. The van der Waals surface area contributed by atoms with Gasteiger partial charge in [-0.2, -0.15) is 0 Å². The fourth-order valence-corrected chi connectivity index (χ4v) is 1.80. The molecule has 3 nitrogen and oxygen atoms in total. The van der Waals surface area contributed by atoms with Crippen LogP contribution in [0, 0.1) is 0 Å². The van der Waals surface area contributed by atoms with E-state index < -0.39 is 6.10 Å². The number of methoxy groups -OCH3 is 2. The molecule has 0 amide bonds. The third-order valence-electron chi connectivity index (χ3n) is 2.69. The van der Waals surface area contributed by atoms with Crippen molar-refractivity contribution >= 4 is 0 Å². The zero-order valence-corrected chi connectivity index (χ0v) is 10.1. The van der Waals surface area contributed by atoms with E-state index in [1.807, 2.05) is 24.3 Å². The van der Waals surface area contributed by atoms with Gasteiger partial charge in [0.25, 0.3) is 0 Å². The normalized spacial score (nSPS) is 14.5. The second-order valence-corrected chi connectivity index (χ2v) is 3.75. The quantitative estimate of drug-likeness (QED) is 0.807. The zero-order chi connectivity index (χ0) is 12.0. The van der Waals surface area contributed by atoms with Crippen molar-refractivity contribution in [1.29, 1.82) is 0 Å². The van der Waals surface area contributed by atoms with Crippen molar-refractivity contribution in [3.63, 3.8) is 0 Å². The lowest BCUT2D eigenvalue weighted by Gasteiger charge is -2.22. The summed E-state index contributed by atoms with van der Waals surface area (Å²) in [4.78, 5) is 0. The Balaban J connectivity index is 2.88. The summed E-state index contributed by atoms with van der Waals surface area (Å²) in [6.07, 6.45) is 0.989. The van der Waals surface area contributed by atoms with Crippen LogP contribution in [0.5, 0.6) is 5.75 Å². The van der Waals surface area contributed by atoms with Crippen LogP contribution in [0.4, 0.5) is 0 Å². The number of para-hydroxylation sites is 1. The van der Waals surface area contributed by atoms with E-state index in [1.54, 1.807) is 14.2 Å². The Morgan fingerprint density at radius 2 is 1.94 bits per heavy atom. The molecule has 0 radical (unpaired) electrons. The van der Waals surface area contributed by atoms with Gasteiger partial charge in [0, 0.05) is 12.7 Å². The highest BCUT2D eigenvalue weighted by molar-refractivity contribution is 5.35. The van der Waals surface area contributed by atoms with Gasteiger partial charge in [-0.3, -0.25) is 0 Å². The summed E-state index contributed by atoms with van der Waals surface area (Å²) in [5.41, 5.74) is 0.783. The molecule has 0 aliphatic heterocycles. The van der Waals surface area contributed by atoms with Gasteiger partial charge in [0.2, 0.25) is 0 Å². The molecule has 2 unspecified atom stereocenters. The monoisotopic (exact) mass is 224 g/mol. The molecule has 0 aliphatic rings. The van der Waals surface area contributed by atoms with Gasteiger partial charge in [0.15, 0.2) is 0 Å². The first-order valence-electron chi connectivity index (χ1n) is 5.58. The van der Waals surface area contributed by atoms with Gasteiger partial charge in [-0.15, -0.1) is 0 Å². The molecule has 3 heteroatoms. The molecule has 90 valence electrons. The average molecular weight is 224 g/mol. The van der Waals surface area contributed by atoms with E-state index in [2.05, 4.69) is 6.92 Å². The van der Waals surface area contributed by atoms with Gasteiger partial charge in [-0.1, -0.05) is 31.5 Å². The van der Waals surface area contributed by atoms with E-state index in [0.717, 1.165) is 18.4 Å². The minimum atomic E-state index is -0.638. The maximum absolute atomic E-state index is 10.2. The van der Waals surface area contributed by atoms with Gasteiger partial charge >= 0.3 is 0 Å². The van der Waals surface area contributed by atoms with Crippen molar-refractivity contribution in [2.75, 3.05) is 14.2 Å². The minimum Gasteiger partial charge on any atom is -0.496 e. The summed E-state index contributed by atoms with van der Waals surface area (Å²) in [6, 6.07) is 7.48. The van der Waals surface area contributed by atoms with E-state index in [1.165, 1.54) is 0 Å². The highest BCUT2D eigenvalue weighted by Crippen LogP contribution is 2.29. The van der Waals surface area contributed by atoms with Crippen LogP contribution in [0.2, 0.25) is 0 Å². The van der Waals surface area contributed by atoms with Crippen LogP contribution in [0.25, 0.3) is 0 Å². The van der Waals surface area contributed by atoms with Gasteiger partial charge in [0.1, 0.15) is 11.9 Å². The van der Waals surface area contributed by atoms with Crippen LogP contribution in [0.15, 0.2) is 24.3 Å². The first kappa shape index (κ1) is 13.0. The molecule has 1 rings (SSSR count). The number of aliphatic hydroxyl groups excluding tert-OH is 1. The van der Waals surface area contributed by atoms with Crippen LogP contribution in [0.1, 0.15) is 31.4 Å². The molecule has 1 aromatic carbocycles. The Kier molecular flexibility index (Phi) is 5.29. The highest BCUT2D eigenvalue weighted by Gasteiger charge is 2.22. The maximum atomic E-state index is 10.2. The molecule has 0 heterocycles. The zero-order valence-electron chi connectivity index (χ0n) is 10.1. The second kappa shape index (κ2) is 6.51. The minimum absolute atomic E-state index is 0.179. The third-order valence-corrected chi connectivity index (χ3v) is 2.69. The number of ether oxygens (including phenoxy) is 2. The lowest BCUT2D eigenvalue weighted by atomic mass is 10.00. The topological polar surface area (TPSA) is 38.7 Å². The highest BCUT2D eigenvalue weighted by atomic mass is 16.5. The van der Waals surface area contributed by atoms with Gasteiger partial charge in [-0.25, -0.2) is 0 Å².